The second-order valence-electron chi connectivity index (χ2n) is 5.63. The van der Waals surface area contributed by atoms with Gasteiger partial charge < -0.3 is 15.3 Å². The maximum Gasteiger partial charge on any atom is 0.327 e. The number of halogens is 1. The molecule has 0 radical (unpaired) electrons. The van der Waals surface area contributed by atoms with Crippen LogP contribution in [0.25, 0.3) is 0 Å². The third-order valence-corrected chi connectivity index (χ3v) is 5.07. The zero-order valence-corrected chi connectivity index (χ0v) is 13.9. The SMILES string of the molecule is CN1CCC(S)(C(NC(=O)c2ccccc2Cl)C(=O)O)CC1. The van der Waals surface area contributed by atoms with Gasteiger partial charge in [0.1, 0.15) is 6.04 Å². The lowest BCUT2D eigenvalue weighted by molar-refractivity contribution is -0.140. The van der Waals surface area contributed by atoms with Gasteiger partial charge in [0, 0.05) is 4.75 Å². The van der Waals surface area contributed by atoms with Crippen molar-refractivity contribution in [2.45, 2.75) is 23.6 Å². The molecule has 1 atom stereocenters. The van der Waals surface area contributed by atoms with Gasteiger partial charge in [0.05, 0.1) is 10.6 Å². The summed E-state index contributed by atoms with van der Waals surface area (Å²) in [5.74, 6) is -1.58. The van der Waals surface area contributed by atoms with E-state index >= 15 is 0 Å². The van der Waals surface area contributed by atoms with Gasteiger partial charge in [-0.25, -0.2) is 4.79 Å². The molecule has 2 rings (SSSR count). The highest BCUT2D eigenvalue weighted by Gasteiger charge is 2.43. The number of carbonyl (C=O) groups excluding carboxylic acids is 1. The Balaban J connectivity index is 2.17. The normalized spacial score (nSPS) is 19.4. The van der Waals surface area contributed by atoms with Gasteiger partial charge >= 0.3 is 5.97 Å². The minimum atomic E-state index is -1.08. The van der Waals surface area contributed by atoms with Crippen molar-refractivity contribution in [2.24, 2.45) is 0 Å². The molecule has 1 aromatic rings. The molecule has 1 aliphatic heterocycles. The van der Waals surface area contributed by atoms with Crippen molar-refractivity contribution in [3.05, 3.63) is 34.9 Å². The highest BCUT2D eigenvalue weighted by molar-refractivity contribution is 7.82. The Morgan fingerprint density at radius 2 is 1.95 bits per heavy atom. The summed E-state index contributed by atoms with van der Waals surface area (Å²) in [4.78, 5) is 26.1. The molecule has 1 saturated heterocycles. The lowest BCUT2D eigenvalue weighted by Gasteiger charge is -2.40. The van der Waals surface area contributed by atoms with Crippen LogP contribution in [0.3, 0.4) is 0 Å². The predicted molar refractivity (Wildman–Crippen MR) is 88.8 cm³/mol. The van der Waals surface area contributed by atoms with Crippen molar-refractivity contribution in [1.82, 2.24) is 10.2 Å². The summed E-state index contributed by atoms with van der Waals surface area (Å²) in [6.07, 6.45) is 1.18. The average Bonchev–Trinajstić information content (AvgIpc) is 2.48. The van der Waals surface area contributed by atoms with Gasteiger partial charge in [0.2, 0.25) is 0 Å². The van der Waals surface area contributed by atoms with E-state index in [0.29, 0.717) is 17.9 Å². The Morgan fingerprint density at radius 3 is 2.50 bits per heavy atom. The number of thiol groups is 1. The maximum atomic E-state index is 12.3. The number of rotatable bonds is 4. The number of hydrogen-bond donors (Lipinski definition) is 3. The summed E-state index contributed by atoms with van der Waals surface area (Å²) in [6, 6.07) is 5.50. The van der Waals surface area contributed by atoms with Crippen LogP contribution in [-0.4, -0.2) is 52.8 Å². The standard InChI is InChI=1S/C15H19ClN2O3S/c1-18-8-6-15(22,7-9-18)12(14(20)21)17-13(19)10-4-2-3-5-11(10)16/h2-5,12,22H,6-9H2,1H3,(H,17,19)(H,20,21). The third-order valence-electron chi connectivity index (χ3n) is 4.03. The van der Waals surface area contributed by atoms with Gasteiger partial charge in [-0.05, 0) is 45.1 Å². The van der Waals surface area contributed by atoms with E-state index < -0.39 is 22.7 Å². The number of nitrogens with one attached hydrogen (secondary N) is 1. The van der Waals surface area contributed by atoms with Crippen LogP contribution in [0.5, 0.6) is 0 Å². The van der Waals surface area contributed by atoms with E-state index in [0.717, 1.165) is 13.1 Å². The lowest BCUT2D eigenvalue weighted by Crippen LogP contribution is -2.57. The van der Waals surface area contributed by atoms with Crippen LogP contribution < -0.4 is 5.32 Å². The molecule has 22 heavy (non-hydrogen) atoms. The van der Waals surface area contributed by atoms with Crippen molar-refractivity contribution in [3.63, 3.8) is 0 Å². The van der Waals surface area contributed by atoms with E-state index in [-0.39, 0.29) is 5.56 Å². The van der Waals surface area contributed by atoms with Crippen LogP contribution in [0.4, 0.5) is 0 Å². The van der Waals surface area contributed by atoms with Crippen LogP contribution in [0.15, 0.2) is 24.3 Å². The summed E-state index contributed by atoms with van der Waals surface area (Å²) in [5.41, 5.74) is 0.264. The smallest absolute Gasteiger partial charge is 0.327 e. The zero-order chi connectivity index (χ0) is 16.3. The molecule has 1 aromatic carbocycles. The Kier molecular flexibility index (Phi) is 5.36. The Bertz CT molecular complexity index is 574. The molecule has 5 nitrogen and oxygen atoms in total. The van der Waals surface area contributed by atoms with E-state index in [1.165, 1.54) is 0 Å². The third kappa shape index (κ3) is 3.74. The molecule has 0 aromatic heterocycles. The fraction of sp³-hybridized carbons (Fsp3) is 0.467. The molecule has 1 fully saturated rings. The molecular weight excluding hydrogens is 324 g/mol. The van der Waals surface area contributed by atoms with Crippen LogP contribution in [0.2, 0.25) is 5.02 Å². The van der Waals surface area contributed by atoms with E-state index in [9.17, 15) is 14.7 Å². The molecular formula is C15H19ClN2O3S. The Morgan fingerprint density at radius 1 is 1.36 bits per heavy atom. The molecule has 1 heterocycles. The largest absolute Gasteiger partial charge is 0.480 e. The van der Waals surface area contributed by atoms with Crippen LogP contribution in [0.1, 0.15) is 23.2 Å². The van der Waals surface area contributed by atoms with Crippen molar-refractivity contribution < 1.29 is 14.7 Å². The number of piperidine rings is 1. The number of carbonyl (C=O) groups is 2. The topological polar surface area (TPSA) is 69.6 Å². The molecule has 1 amide bonds. The van der Waals surface area contributed by atoms with Crippen molar-refractivity contribution >= 4 is 36.1 Å². The number of amides is 1. The second kappa shape index (κ2) is 6.89. The van der Waals surface area contributed by atoms with E-state index in [2.05, 4.69) is 22.8 Å². The van der Waals surface area contributed by atoms with E-state index in [1.807, 2.05) is 7.05 Å². The monoisotopic (exact) mass is 342 g/mol. The summed E-state index contributed by atoms with van der Waals surface area (Å²) in [6.45, 7) is 1.49. The van der Waals surface area contributed by atoms with Crippen molar-refractivity contribution in [1.29, 1.82) is 0 Å². The highest BCUT2D eigenvalue weighted by atomic mass is 35.5. The zero-order valence-electron chi connectivity index (χ0n) is 12.3. The second-order valence-corrected chi connectivity index (χ2v) is 6.93. The molecule has 7 heteroatoms. The number of carboxylic acid groups (broad SMARTS) is 1. The van der Waals surface area contributed by atoms with Crippen LogP contribution in [0, 0.1) is 0 Å². The van der Waals surface area contributed by atoms with Crippen LogP contribution in [-0.2, 0) is 4.79 Å². The van der Waals surface area contributed by atoms with Gasteiger partial charge in [0.15, 0.2) is 0 Å². The van der Waals surface area contributed by atoms with Gasteiger partial charge in [-0.1, -0.05) is 23.7 Å². The molecule has 0 spiro atoms. The first-order valence-electron chi connectivity index (χ1n) is 7.02. The molecule has 0 aliphatic carbocycles. The van der Waals surface area contributed by atoms with Crippen molar-refractivity contribution in [2.75, 3.05) is 20.1 Å². The first-order valence-corrected chi connectivity index (χ1v) is 7.85. The fourth-order valence-corrected chi connectivity index (χ4v) is 3.17. The first-order chi connectivity index (χ1) is 10.3. The highest BCUT2D eigenvalue weighted by Crippen LogP contribution is 2.32. The fourth-order valence-electron chi connectivity index (χ4n) is 2.57. The number of likely N-dealkylation sites (tertiary alicyclic amines) is 1. The van der Waals surface area contributed by atoms with Gasteiger partial charge in [0.25, 0.3) is 5.91 Å². The quantitative estimate of drug-likeness (QED) is 0.731. The van der Waals surface area contributed by atoms with Gasteiger partial charge in [-0.3, -0.25) is 4.79 Å². The molecule has 0 bridgehead atoms. The minimum Gasteiger partial charge on any atom is -0.480 e. The lowest BCUT2D eigenvalue weighted by atomic mass is 9.88. The Labute approximate surface area is 140 Å². The summed E-state index contributed by atoms with van der Waals surface area (Å²) in [7, 11) is 1.98. The molecule has 120 valence electrons. The van der Waals surface area contributed by atoms with E-state index in [1.54, 1.807) is 24.3 Å². The average molecular weight is 343 g/mol. The summed E-state index contributed by atoms with van der Waals surface area (Å²) < 4.78 is -0.769. The van der Waals surface area contributed by atoms with Gasteiger partial charge in [-0.2, -0.15) is 12.6 Å². The Hall–Kier alpha value is -1.24. The van der Waals surface area contributed by atoms with Crippen LogP contribution >= 0.6 is 24.2 Å². The molecule has 1 unspecified atom stereocenters. The number of hydrogen-bond acceptors (Lipinski definition) is 4. The van der Waals surface area contributed by atoms with Crippen molar-refractivity contribution in [3.8, 4) is 0 Å². The number of benzene rings is 1. The summed E-state index contributed by atoms with van der Waals surface area (Å²) in [5, 5.41) is 12.4. The maximum absolute atomic E-state index is 12.3. The molecule has 2 N–H and O–H groups in total. The molecule has 0 saturated carbocycles. The van der Waals surface area contributed by atoms with E-state index in [4.69, 9.17) is 11.6 Å². The number of nitrogens with zero attached hydrogens (tertiary/aromatic N) is 1. The van der Waals surface area contributed by atoms with Gasteiger partial charge in [-0.15, -0.1) is 0 Å². The molecule has 1 aliphatic rings. The first kappa shape index (κ1) is 17.1. The summed E-state index contributed by atoms with van der Waals surface area (Å²) >= 11 is 10.6. The minimum absolute atomic E-state index is 0.264. The predicted octanol–water partition coefficient (Wildman–Crippen LogP) is 1.92. The number of carboxylic acids is 1. The number of aliphatic carboxylic acids is 1.